The predicted molar refractivity (Wildman–Crippen MR) is 53.3 cm³/mol. The van der Waals surface area contributed by atoms with E-state index in [1.54, 1.807) is 6.19 Å². The molecule has 0 saturated heterocycles. The molecule has 1 saturated carbocycles. The lowest BCUT2D eigenvalue weighted by Gasteiger charge is -2.09. The lowest BCUT2D eigenvalue weighted by Crippen LogP contribution is -2.32. The van der Waals surface area contributed by atoms with E-state index >= 15 is 0 Å². The van der Waals surface area contributed by atoms with Crippen LogP contribution in [0.5, 0.6) is 0 Å². The Balaban J connectivity index is 2.12. The second-order valence-electron chi connectivity index (χ2n) is 3.68. The molecular formula is C10H15N3O2. The number of carbonyl (C=O) groups excluding carboxylic acids is 2. The molecular weight excluding hydrogens is 194 g/mol. The Bertz CT molecular complexity index is 277. The molecule has 2 N–H and O–H groups in total. The van der Waals surface area contributed by atoms with Crippen molar-refractivity contribution in [3.63, 3.8) is 0 Å². The van der Waals surface area contributed by atoms with Gasteiger partial charge in [-0.1, -0.05) is 12.8 Å². The smallest absolute Gasteiger partial charge is 0.234 e. The number of rotatable bonds is 4. The fourth-order valence-electron chi connectivity index (χ4n) is 1.76. The number of hydrogen-bond donors (Lipinski definition) is 2. The lowest BCUT2D eigenvalue weighted by molar-refractivity contribution is -0.125. The Morgan fingerprint density at radius 3 is 2.60 bits per heavy atom. The summed E-state index contributed by atoms with van der Waals surface area (Å²) in [6, 6.07) is 0. The van der Waals surface area contributed by atoms with Crippen molar-refractivity contribution in [1.29, 1.82) is 5.26 Å². The first-order valence-corrected chi connectivity index (χ1v) is 5.19. The van der Waals surface area contributed by atoms with Gasteiger partial charge in [0.2, 0.25) is 11.8 Å². The van der Waals surface area contributed by atoms with Gasteiger partial charge < -0.3 is 5.32 Å². The maximum absolute atomic E-state index is 11.5. The van der Waals surface area contributed by atoms with Gasteiger partial charge in [-0.25, -0.2) is 0 Å². The molecule has 1 rings (SSSR count). The molecule has 2 amide bonds. The summed E-state index contributed by atoms with van der Waals surface area (Å²) in [5, 5.41) is 12.9. The number of hydrogen-bond acceptors (Lipinski definition) is 3. The summed E-state index contributed by atoms with van der Waals surface area (Å²) in [5.74, 6) is -0.189. The number of nitrogens with one attached hydrogen (secondary N) is 2. The summed E-state index contributed by atoms with van der Waals surface area (Å²) in [6.45, 7) is 0.308. The molecule has 0 bridgehead atoms. The average molecular weight is 209 g/mol. The summed E-state index contributed by atoms with van der Waals surface area (Å²) in [6.07, 6.45) is 5.85. The molecule has 82 valence electrons. The second kappa shape index (κ2) is 6.02. The second-order valence-corrected chi connectivity index (χ2v) is 3.68. The normalized spacial score (nSPS) is 15.7. The molecule has 1 aliphatic rings. The Morgan fingerprint density at radius 2 is 2.00 bits per heavy atom. The first-order valence-electron chi connectivity index (χ1n) is 5.19. The molecule has 5 heteroatoms. The minimum atomic E-state index is -0.357. The molecule has 0 aromatic rings. The third-order valence-corrected chi connectivity index (χ3v) is 2.57. The van der Waals surface area contributed by atoms with Crippen LogP contribution < -0.4 is 10.6 Å². The van der Waals surface area contributed by atoms with Gasteiger partial charge in [-0.05, 0) is 12.8 Å². The van der Waals surface area contributed by atoms with E-state index in [0.29, 0.717) is 6.54 Å². The van der Waals surface area contributed by atoms with Crippen molar-refractivity contribution in [3.05, 3.63) is 0 Å². The van der Waals surface area contributed by atoms with Crippen LogP contribution in [0.4, 0.5) is 0 Å². The van der Waals surface area contributed by atoms with Gasteiger partial charge in [-0.2, -0.15) is 5.26 Å². The first kappa shape index (κ1) is 11.5. The van der Waals surface area contributed by atoms with Crippen LogP contribution in [0.15, 0.2) is 0 Å². The van der Waals surface area contributed by atoms with Crippen molar-refractivity contribution in [1.82, 2.24) is 10.6 Å². The third kappa shape index (κ3) is 3.98. The van der Waals surface area contributed by atoms with Crippen LogP contribution in [0.25, 0.3) is 0 Å². The monoisotopic (exact) mass is 209 g/mol. The number of nitrogens with zero attached hydrogens (tertiary/aromatic N) is 1. The van der Waals surface area contributed by atoms with Gasteiger partial charge in [0.1, 0.15) is 0 Å². The number of nitriles is 1. The van der Waals surface area contributed by atoms with Crippen LogP contribution in [0.2, 0.25) is 0 Å². The topological polar surface area (TPSA) is 82.0 Å². The molecule has 0 heterocycles. The molecule has 0 aliphatic heterocycles. The molecule has 1 fully saturated rings. The zero-order chi connectivity index (χ0) is 11.1. The largest absolute Gasteiger partial charge is 0.355 e. The van der Waals surface area contributed by atoms with E-state index in [2.05, 4.69) is 5.32 Å². The highest BCUT2D eigenvalue weighted by atomic mass is 16.2. The Hall–Kier alpha value is -1.57. The van der Waals surface area contributed by atoms with E-state index in [1.165, 1.54) is 0 Å². The van der Waals surface area contributed by atoms with Crippen molar-refractivity contribution in [2.24, 2.45) is 5.92 Å². The molecule has 0 radical (unpaired) electrons. The molecule has 5 nitrogen and oxygen atoms in total. The summed E-state index contributed by atoms with van der Waals surface area (Å²) in [5.41, 5.74) is 0. The minimum absolute atomic E-state index is 0.0391. The van der Waals surface area contributed by atoms with Gasteiger partial charge in [0.15, 0.2) is 6.19 Å². The van der Waals surface area contributed by atoms with Crippen molar-refractivity contribution >= 4 is 11.8 Å². The van der Waals surface area contributed by atoms with E-state index in [1.807, 2.05) is 5.32 Å². The molecule has 0 spiro atoms. The van der Waals surface area contributed by atoms with Crippen LogP contribution in [0.3, 0.4) is 0 Å². The quantitative estimate of drug-likeness (QED) is 0.515. The van der Waals surface area contributed by atoms with E-state index in [0.717, 1.165) is 25.7 Å². The van der Waals surface area contributed by atoms with Crippen LogP contribution >= 0.6 is 0 Å². The van der Waals surface area contributed by atoms with Crippen molar-refractivity contribution in [2.75, 3.05) is 6.54 Å². The number of carbonyl (C=O) groups is 2. The van der Waals surface area contributed by atoms with Crippen LogP contribution in [-0.4, -0.2) is 18.4 Å². The first-order chi connectivity index (χ1) is 7.24. The highest BCUT2D eigenvalue weighted by Gasteiger charge is 2.22. The highest BCUT2D eigenvalue weighted by molar-refractivity contribution is 5.81. The SMILES string of the molecule is N#CNC(=O)CCNC(=O)C1CCCC1. The zero-order valence-corrected chi connectivity index (χ0v) is 8.58. The van der Waals surface area contributed by atoms with Gasteiger partial charge >= 0.3 is 0 Å². The molecule has 0 aromatic heterocycles. The molecule has 1 aliphatic carbocycles. The van der Waals surface area contributed by atoms with E-state index in [4.69, 9.17) is 5.26 Å². The van der Waals surface area contributed by atoms with Crippen molar-refractivity contribution < 1.29 is 9.59 Å². The fourth-order valence-corrected chi connectivity index (χ4v) is 1.76. The Labute approximate surface area is 88.8 Å². The maximum Gasteiger partial charge on any atom is 0.234 e. The van der Waals surface area contributed by atoms with Gasteiger partial charge in [0.25, 0.3) is 0 Å². The van der Waals surface area contributed by atoms with Crippen molar-refractivity contribution in [3.8, 4) is 6.19 Å². The minimum Gasteiger partial charge on any atom is -0.355 e. The van der Waals surface area contributed by atoms with E-state index in [-0.39, 0.29) is 24.2 Å². The van der Waals surface area contributed by atoms with Crippen LogP contribution in [-0.2, 0) is 9.59 Å². The summed E-state index contributed by atoms with van der Waals surface area (Å²) in [4.78, 5) is 22.3. The molecule has 15 heavy (non-hydrogen) atoms. The molecule has 0 atom stereocenters. The van der Waals surface area contributed by atoms with Gasteiger partial charge in [0, 0.05) is 18.9 Å². The van der Waals surface area contributed by atoms with E-state index < -0.39 is 0 Å². The average Bonchev–Trinajstić information content (AvgIpc) is 2.70. The lowest BCUT2D eigenvalue weighted by atomic mass is 10.1. The van der Waals surface area contributed by atoms with Gasteiger partial charge in [-0.15, -0.1) is 0 Å². The summed E-state index contributed by atoms with van der Waals surface area (Å²) in [7, 11) is 0. The molecule has 0 aromatic carbocycles. The Kier molecular flexibility index (Phi) is 4.61. The maximum atomic E-state index is 11.5. The summed E-state index contributed by atoms with van der Waals surface area (Å²) < 4.78 is 0. The van der Waals surface area contributed by atoms with Gasteiger partial charge in [0.05, 0.1) is 0 Å². The van der Waals surface area contributed by atoms with Gasteiger partial charge in [-0.3, -0.25) is 14.9 Å². The van der Waals surface area contributed by atoms with Crippen molar-refractivity contribution in [2.45, 2.75) is 32.1 Å². The third-order valence-electron chi connectivity index (χ3n) is 2.57. The highest BCUT2D eigenvalue weighted by Crippen LogP contribution is 2.24. The molecule has 0 unspecified atom stereocenters. The number of amides is 2. The van der Waals surface area contributed by atoms with E-state index in [9.17, 15) is 9.59 Å². The zero-order valence-electron chi connectivity index (χ0n) is 8.58. The fraction of sp³-hybridized carbons (Fsp3) is 0.700. The summed E-state index contributed by atoms with van der Waals surface area (Å²) >= 11 is 0. The predicted octanol–water partition coefficient (Wildman–Crippen LogP) is 0.280. The van der Waals surface area contributed by atoms with Crippen LogP contribution in [0.1, 0.15) is 32.1 Å². The van der Waals surface area contributed by atoms with Crippen LogP contribution in [0, 0.1) is 17.4 Å². The Morgan fingerprint density at radius 1 is 1.33 bits per heavy atom. The standard InChI is InChI=1S/C10H15N3O2/c11-7-13-9(14)5-6-12-10(15)8-3-1-2-4-8/h8H,1-6H2,(H,12,15)(H,13,14).